The number of hydrogen-bond donors (Lipinski definition) is 1. The Morgan fingerprint density at radius 3 is 2.32 bits per heavy atom. The summed E-state index contributed by atoms with van der Waals surface area (Å²) in [6.45, 7) is 2.42. The van der Waals surface area contributed by atoms with Gasteiger partial charge < -0.3 is 9.30 Å². The quantitative estimate of drug-likeness (QED) is 0.440. The molecule has 0 aliphatic heterocycles. The lowest BCUT2D eigenvalue weighted by Crippen LogP contribution is -2.12. The van der Waals surface area contributed by atoms with E-state index in [1.54, 1.807) is 36.4 Å². The van der Waals surface area contributed by atoms with Crippen LogP contribution in [0.4, 0.5) is 5.69 Å². The van der Waals surface area contributed by atoms with Crippen molar-refractivity contribution in [1.82, 2.24) is 9.55 Å². The smallest absolute Gasteiger partial charge is 0.261 e. The van der Waals surface area contributed by atoms with Crippen molar-refractivity contribution in [2.24, 2.45) is 7.05 Å². The highest BCUT2D eigenvalue weighted by atomic mass is 32.2. The number of nitrogens with zero attached hydrogens (tertiary/aromatic N) is 2. The van der Waals surface area contributed by atoms with E-state index in [9.17, 15) is 8.42 Å². The minimum atomic E-state index is -3.65. The van der Waals surface area contributed by atoms with Gasteiger partial charge in [0.15, 0.2) is 0 Å². The van der Waals surface area contributed by atoms with Gasteiger partial charge in [0, 0.05) is 19.2 Å². The van der Waals surface area contributed by atoms with Gasteiger partial charge in [0.2, 0.25) is 0 Å². The highest BCUT2D eigenvalue weighted by Crippen LogP contribution is 2.21. The van der Waals surface area contributed by atoms with Gasteiger partial charge in [0.05, 0.1) is 22.5 Å². The number of anilines is 1. The van der Waals surface area contributed by atoms with E-state index in [0.717, 1.165) is 35.3 Å². The number of fused-ring (bicyclic) bond motifs is 1. The maximum atomic E-state index is 12.6. The average molecular weight is 436 g/mol. The van der Waals surface area contributed by atoms with Crippen molar-refractivity contribution < 1.29 is 13.2 Å². The summed E-state index contributed by atoms with van der Waals surface area (Å²) < 4.78 is 35.4. The molecule has 0 saturated heterocycles. The van der Waals surface area contributed by atoms with Crippen LogP contribution >= 0.6 is 0 Å². The first kappa shape index (κ1) is 20.9. The normalized spacial score (nSPS) is 11.5. The van der Waals surface area contributed by atoms with Crippen LogP contribution < -0.4 is 9.46 Å². The molecule has 0 radical (unpaired) electrons. The molecule has 4 aromatic rings. The molecular weight excluding hydrogens is 410 g/mol. The molecule has 0 aliphatic rings. The molecule has 0 spiro atoms. The second-order valence-electron chi connectivity index (χ2n) is 7.28. The second-order valence-corrected chi connectivity index (χ2v) is 8.97. The first-order valence-corrected chi connectivity index (χ1v) is 11.7. The molecule has 0 fully saturated rings. The molecule has 0 atom stereocenters. The van der Waals surface area contributed by atoms with E-state index in [1.165, 1.54) is 0 Å². The van der Waals surface area contributed by atoms with Gasteiger partial charge in [-0.15, -0.1) is 0 Å². The molecular formula is C24H25N3O3S. The predicted octanol–water partition coefficient (Wildman–Crippen LogP) is 4.56. The Hall–Kier alpha value is -3.32. The molecule has 0 amide bonds. The molecule has 0 aliphatic carbocycles. The van der Waals surface area contributed by atoms with Crippen LogP contribution in [0.5, 0.6) is 5.75 Å². The first-order valence-electron chi connectivity index (χ1n) is 10.2. The highest BCUT2D eigenvalue weighted by molar-refractivity contribution is 7.92. The zero-order chi connectivity index (χ0) is 21.8. The SMILES string of the molecule is CCOc1ccc(S(=O)(=O)Nc2ccc(CCc3nc4ccccc4n3C)cc2)cc1. The van der Waals surface area contributed by atoms with E-state index in [-0.39, 0.29) is 4.90 Å². The van der Waals surface area contributed by atoms with Crippen LogP contribution in [-0.2, 0) is 29.9 Å². The Morgan fingerprint density at radius 2 is 1.65 bits per heavy atom. The molecule has 0 saturated carbocycles. The summed E-state index contributed by atoms with van der Waals surface area (Å²) in [4.78, 5) is 4.90. The topological polar surface area (TPSA) is 73.2 Å². The Labute approximate surface area is 182 Å². The van der Waals surface area contributed by atoms with Crippen molar-refractivity contribution in [3.05, 3.63) is 84.2 Å². The van der Waals surface area contributed by atoms with Gasteiger partial charge in [-0.1, -0.05) is 24.3 Å². The van der Waals surface area contributed by atoms with Crippen molar-refractivity contribution in [1.29, 1.82) is 0 Å². The lowest BCUT2D eigenvalue weighted by Gasteiger charge is -2.10. The number of imidazole rings is 1. The van der Waals surface area contributed by atoms with Gasteiger partial charge in [-0.25, -0.2) is 13.4 Å². The van der Waals surface area contributed by atoms with Crippen LogP contribution in [0.2, 0.25) is 0 Å². The second kappa shape index (κ2) is 8.81. The van der Waals surface area contributed by atoms with Crippen molar-refractivity contribution in [3.63, 3.8) is 0 Å². The highest BCUT2D eigenvalue weighted by Gasteiger charge is 2.14. The summed E-state index contributed by atoms with van der Waals surface area (Å²) in [5, 5.41) is 0. The Kier molecular flexibility index (Phi) is 5.95. The minimum absolute atomic E-state index is 0.196. The third-order valence-corrected chi connectivity index (χ3v) is 6.57. The summed E-state index contributed by atoms with van der Waals surface area (Å²) >= 11 is 0. The summed E-state index contributed by atoms with van der Waals surface area (Å²) in [7, 11) is -1.62. The summed E-state index contributed by atoms with van der Waals surface area (Å²) in [6, 6.07) is 21.9. The number of benzene rings is 3. The van der Waals surface area contributed by atoms with Crippen molar-refractivity contribution >= 4 is 26.7 Å². The van der Waals surface area contributed by atoms with Gasteiger partial charge >= 0.3 is 0 Å². The largest absolute Gasteiger partial charge is 0.494 e. The maximum absolute atomic E-state index is 12.6. The van der Waals surface area contributed by atoms with Crippen LogP contribution in [0.1, 0.15) is 18.3 Å². The lowest BCUT2D eigenvalue weighted by molar-refractivity contribution is 0.340. The van der Waals surface area contributed by atoms with Crippen molar-refractivity contribution in [2.75, 3.05) is 11.3 Å². The number of sulfonamides is 1. The van der Waals surface area contributed by atoms with E-state index in [4.69, 9.17) is 9.72 Å². The van der Waals surface area contributed by atoms with Crippen LogP contribution in [-0.4, -0.2) is 24.6 Å². The zero-order valence-electron chi connectivity index (χ0n) is 17.6. The Bertz CT molecular complexity index is 1280. The predicted molar refractivity (Wildman–Crippen MR) is 123 cm³/mol. The third-order valence-electron chi connectivity index (χ3n) is 5.17. The molecule has 4 rings (SSSR count). The third kappa shape index (κ3) is 4.72. The van der Waals surface area contributed by atoms with Gasteiger partial charge in [0.25, 0.3) is 10.0 Å². The number of rotatable bonds is 8. The fraction of sp³-hybridized carbons (Fsp3) is 0.208. The molecule has 3 aromatic carbocycles. The van der Waals surface area contributed by atoms with Gasteiger partial charge in [-0.3, -0.25) is 4.72 Å². The van der Waals surface area contributed by atoms with Crippen LogP contribution in [0, 0.1) is 0 Å². The van der Waals surface area contributed by atoms with E-state index < -0.39 is 10.0 Å². The number of ether oxygens (including phenoxy) is 1. The number of aromatic nitrogens is 2. The number of para-hydroxylation sites is 2. The van der Waals surface area contributed by atoms with E-state index in [2.05, 4.69) is 15.4 Å². The minimum Gasteiger partial charge on any atom is -0.494 e. The van der Waals surface area contributed by atoms with Crippen LogP contribution in [0.15, 0.2) is 77.7 Å². The van der Waals surface area contributed by atoms with E-state index in [1.807, 2.05) is 44.3 Å². The molecule has 6 nitrogen and oxygen atoms in total. The molecule has 7 heteroatoms. The van der Waals surface area contributed by atoms with Gasteiger partial charge in [0.1, 0.15) is 11.6 Å². The Morgan fingerprint density at radius 1 is 0.935 bits per heavy atom. The van der Waals surface area contributed by atoms with Crippen LogP contribution in [0.3, 0.4) is 0 Å². The number of hydrogen-bond acceptors (Lipinski definition) is 4. The van der Waals surface area contributed by atoms with Crippen LogP contribution in [0.25, 0.3) is 11.0 Å². The lowest BCUT2D eigenvalue weighted by atomic mass is 10.1. The van der Waals surface area contributed by atoms with Gasteiger partial charge in [-0.2, -0.15) is 0 Å². The molecule has 0 bridgehead atoms. The molecule has 31 heavy (non-hydrogen) atoms. The van der Waals surface area contributed by atoms with E-state index in [0.29, 0.717) is 18.0 Å². The zero-order valence-corrected chi connectivity index (χ0v) is 18.4. The van der Waals surface area contributed by atoms with Gasteiger partial charge in [-0.05, 0) is 67.4 Å². The first-order chi connectivity index (χ1) is 15.0. The molecule has 0 unspecified atom stereocenters. The summed E-state index contributed by atoms with van der Waals surface area (Å²) in [6.07, 6.45) is 1.63. The van der Waals surface area contributed by atoms with Crippen molar-refractivity contribution in [2.45, 2.75) is 24.7 Å². The number of aryl methyl sites for hydroxylation is 3. The Balaban J connectivity index is 1.41. The summed E-state index contributed by atoms with van der Waals surface area (Å²) in [5.74, 6) is 1.67. The van der Waals surface area contributed by atoms with E-state index >= 15 is 0 Å². The van der Waals surface area contributed by atoms with Crippen molar-refractivity contribution in [3.8, 4) is 5.75 Å². The average Bonchev–Trinajstić information content (AvgIpc) is 3.09. The molecule has 1 heterocycles. The summed E-state index contributed by atoms with van der Waals surface area (Å²) in [5.41, 5.74) is 3.77. The maximum Gasteiger partial charge on any atom is 0.261 e. The standard InChI is InChI=1S/C24H25N3O3S/c1-3-30-20-13-15-21(16-14-20)31(28,29)26-19-11-8-18(9-12-19)10-17-24-25-22-6-4-5-7-23(22)27(24)2/h4-9,11-16,26H,3,10,17H2,1-2H3. The number of nitrogens with one attached hydrogen (secondary N) is 1. The monoisotopic (exact) mass is 435 g/mol. The molecule has 1 N–H and O–H groups in total. The fourth-order valence-corrected chi connectivity index (χ4v) is 4.57. The molecule has 1 aromatic heterocycles. The molecule has 160 valence electrons. The fourth-order valence-electron chi connectivity index (χ4n) is 3.51.